The van der Waals surface area contributed by atoms with E-state index in [9.17, 15) is 12.8 Å². The summed E-state index contributed by atoms with van der Waals surface area (Å²) in [6, 6.07) is 9.58. The summed E-state index contributed by atoms with van der Waals surface area (Å²) in [5, 5.41) is 16.7. The predicted molar refractivity (Wildman–Crippen MR) is 76.6 cm³/mol. The monoisotopic (exact) mass is 306 g/mol. The van der Waals surface area contributed by atoms with Gasteiger partial charge in [-0.1, -0.05) is 0 Å². The first-order valence-corrected chi connectivity index (χ1v) is 7.25. The molecular formula is C13H11FN4O2S. The van der Waals surface area contributed by atoms with Gasteiger partial charge in [-0.05, 0) is 36.4 Å². The maximum Gasteiger partial charge on any atom is 0.240 e. The second-order valence-electron chi connectivity index (χ2n) is 4.23. The van der Waals surface area contributed by atoms with E-state index in [-0.39, 0.29) is 21.8 Å². The zero-order valence-corrected chi connectivity index (χ0v) is 11.5. The van der Waals surface area contributed by atoms with Crippen molar-refractivity contribution in [3.8, 4) is 6.07 Å². The van der Waals surface area contributed by atoms with Gasteiger partial charge in [-0.2, -0.15) is 5.26 Å². The smallest absolute Gasteiger partial charge is 0.240 e. The number of primary sulfonamides is 1. The highest BCUT2D eigenvalue weighted by Crippen LogP contribution is 2.27. The summed E-state index contributed by atoms with van der Waals surface area (Å²) in [4.78, 5) is -0.190. The molecule has 0 saturated carbocycles. The summed E-state index contributed by atoms with van der Waals surface area (Å²) >= 11 is 0. The SMILES string of the molecule is N#Cc1cc(Nc2ccc(N)cc2S(N)(=O)=O)ccc1F. The van der Waals surface area contributed by atoms with Crippen LogP contribution in [0.5, 0.6) is 0 Å². The Morgan fingerprint density at radius 2 is 1.90 bits per heavy atom. The number of nitrogen functional groups attached to an aromatic ring is 1. The van der Waals surface area contributed by atoms with Crippen LogP contribution in [0.3, 0.4) is 0 Å². The Morgan fingerprint density at radius 3 is 2.52 bits per heavy atom. The van der Waals surface area contributed by atoms with E-state index in [1.54, 1.807) is 6.07 Å². The van der Waals surface area contributed by atoms with Crippen molar-refractivity contribution in [3.05, 3.63) is 47.8 Å². The molecule has 0 aliphatic rings. The van der Waals surface area contributed by atoms with Crippen LogP contribution >= 0.6 is 0 Å². The van der Waals surface area contributed by atoms with E-state index < -0.39 is 15.8 Å². The van der Waals surface area contributed by atoms with Crippen LogP contribution in [-0.4, -0.2) is 8.42 Å². The number of hydrogen-bond acceptors (Lipinski definition) is 5. The molecule has 6 nitrogen and oxygen atoms in total. The Labute approximate surface area is 120 Å². The summed E-state index contributed by atoms with van der Waals surface area (Å²) in [5.74, 6) is -0.660. The maximum atomic E-state index is 13.2. The maximum absolute atomic E-state index is 13.2. The van der Waals surface area contributed by atoms with Gasteiger partial charge in [0.2, 0.25) is 10.0 Å². The van der Waals surface area contributed by atoms with E-state index in [2.05, 4.69) is 5.32 Å². The molecular weight excluding hydrogens is 295 g/mol. The molecule has 0 aromatic heterocycles. The molecule has 0 amide bonds. The average Bonchev–Trinajstić information content (AvgIpc) is 2.41. The number of rotatable bonds is 3. The van der Waals surface area contributed by atoms with Gasteiger partial charge in [0.1, 0.15) is 16.8 Å². The number of nitrogens with two attached hydrogens (primary N) is 2. The highest BCUT2D eigenvalue weighted by Gasteiger charge is 2.15. The number of halogens is 1. The van der Waals surface area contributed by atoms with E-state index in [0.717, 1.165) is 6.07 Å². The summed E-state index contributed by atoms with van der Waals surface area (Å²) in [6.45, 7) is 0. The third kappa shape index (κ3) is 3.28. The van der Waals surface area contributed by atoms with Crippen molar-refractivity contribution in [2.45, 2.75) is 4.90 Å². The van der Waals surface area contributed by atoms with Crippen LogP contribution in [0.1, 0.15) is 5.56 Å². The second-order valence-corrected chi connectivity index (χ2v) is 5.76. The van der Waals surface area contributed by atoms with Crippen LogP contribution in [0, 0.1) is 17.1 Å². The molecule has 2 aromatic rings. The Bertz CT molecular complexity index is 844. The van der Waals surface area contributed by atoms with Crippen molar-refractivity contribution in [3.63, 3.8) is 0 Å². The Hall–Kier alpha value is -2.63. The lowest BCUT2D eigenvalue weighted by atomic mass is 10.2. The first kappa shape index (κ1) is 14.8. The largest absolute Gasteiger partial charge is 0.399 e. The summed E-state index contributed by atoms with van der Waals surface area (Å²) in [5.41, 5.74) is 6.15. The van der Waals surface area contributed by atoms with Crippen molar-refractivity contribution >= 4 is 27.1 Å². The third-order valence-corrected chi connectivity index (χ3v) is 3.63. The first-order chi connectivity index (χ1) is 9.81. The number of nitrogens with one attached hydrogen (secondary N) is 1. The van der Waals surface area contributed by atoms with Crippen LogP contribution in [0.2, 0.25) is 0 Å². The van der Waals surface area contributed by atoms with Crippen LogP contribution in [0.15, 0.2) is 41.3 Å². The number of nitrogens with zero attached hydrogens (tertiary/aromatic N) is 1. The van der Waals surface area contributed by atoms with Gasteiger partial charge in [-0.25, -0.2) is 17.9 Å². The van der Waals surface area contributed by atoms with E-state index >= 15 is 0 Å². The van der Waals surface area contributed by atoms with Crippen molar-refractivity contribution < 1.29 is 12.8 Å². The van der Waals surface area contributed by atoms with E-state index in [0.29, 0.717) is 5.69 Å². The molecule has 8 heteroatoms. The molecule has 0 atom stereocenters. The van der Waals surface area contributed by atoms with Crippen LogP contribution in [0.25, 0.3) is 0 Å². The molecule has 0 fully saturated rings. The van der Waals surface area contributed by atoms with Crippen molar-refractivity contribution in [2.24, 2.45) is 5.14 Å². The predicted octanol–water partition coefficient (Wildman–Crippen LogP) is 1.67. The topological polar surface area (TPSA) is 122 Å². The average molecular weight is 306 g/mol. The number of anilines is 3. The molecule has 0 bridgehead atoms. The molecule has 21 heavy (non-hydrogen) atoms. The van der Waals surface area contributed by atoms with Gasteiger partial charge in [0.15, 0.2) is 0 Å². The van der Waals surface area contributed by atoms with Gasteiger partial charge in [0.05, 0.1) is 11.3 Å². The van der Waals surface area contributed by atoms with Gasteiger partial charge < -0.3 is 11.1 Å². The zero-order valence-electron chi connectivity index (χ0n) is 10.7. The molecule has 0 aliphatic carbocycles. The highest BCUT2D eigenvalue weighted by atomic mass is 32.2. The minimum atomic E-state index is -3.98. The van der Waals surface area contributed by atoms with Crippen molar-refractivity contribution in [1.82, 2.24) is 0 Å². The van der Waals surface area contributed by atoms with E-state index in [1.807, 2.05) is 0 Å². The third-order valence-electron chi connectivity index (χ3n) is 2.68. The molecule has 2 aromatic carbocycles. The lowest BCUT2D eigenvalue weighted by molar-refractivity contribution is 0.598. The fourth-order valence-corrected chi connectivity index (χ4v) is 2.45. The molecule has 0 unspecified atom stereocenters. The van der Waals surface area contributed by atoms with Crippen molar-refractivity contribution in [1.29, 1.82) is 5.26 Å². The molecule has 5 N–H and O–H groups in total. The molecule has 0 saturated heterocycles. The molecule has 108 valence electrons. The van der Waals surface area contributed by atoms with Crippen LogP contribution in [-0.2, 0) is 10.0 Å². The normalized spacial score (nSPS) is 10.9. The minimum Gasteiger partial charge on any atom is -0.399 e. The highest BCUT2D eigenvalue weighted by molar-refractivity contribution is 7.89. The quantitative estimate of drug-likeness (QED) is 0.744. The zero-order chi connectivity index (χ0) is 15.6. The summed E-state index contributed by atoms with van der Waals surface area (Å²) < 4.78 is 36.3. The fourth-order valence-electron chi connectivity index (χ4n) is 1.72. The Kier molecular flexibility index (Phi) is 3.80. The molecule has 2 rings (SSSR count). The van der Waals surface area contributed by atoms with E-state index in [1.165, 1.54) is 30.3 Å². The Morgan fingerprint density at radius 1 is 1.19 bits per heavy atom. The van der Waals surface area contributed by atoms with Gasteiger partial charge in [0, 0.05) is 11.4 Å². The number of nitriles is 1. The molecule has 0 radical (unpaired) electrons. The summed E-state index contributed by atoms with van der Waals surface area (Å²) in [6.07, 6.45) is 0. The van der Waals surface area contributed by atoms with Crippen LogP contribution < -0.4 is 16.2 Å². The van der Waals surface area contributed by atoms with Gasteiger partial charge in [0.25, 0.3) is 0 Å². The second kappa shape index (κ2) is 5.40. The van der Waals surface area contributed by atoms with Gasteiger partial charge >= 0.3 is 0 Å². The van der Waals surface area contributed by atoms with Gasteiger partial charge in [-0.15, -0.1) is 0 Å². The Balaban J connectivity index is 2.48. The lowest BCUT2D eigenvalue weighted by Crippen LogP contribution is -2.14. The van der Waals surface area contributed by atoms with Crippen LogP contribution in [0.4, 0.5) is 21.5 Å². The standard InChI is InChI=1S/C13H11FN4O2S/c14-11-3-2-10(5-8(11)7-15)18-12-4-1-9(16)6-13(12)21(17,19)20/h1-6,18H,16H2,(H2,17,19,20). The van der Waals surface area contributed by atoms with Crippen molar-refractivity contribution in [2.75, 3.05) is 11.1 Å². The first-order valence-electron chi connectivity index (χ1n) is 5.70. The summed E-state index contributed by atoms with van der Waals surface area (Å²) in [7, 11) is -3.98. The number of hydrogen-bond donors (Lipinski definition) is 3. The number of benzene rings is 2. The molecule has 0 heterocycles. The number of sulfonamides is 1. The lowest BCUT2D eigenvalue weighted by Gasteiger charge is -2.12. The molecule has 0 aliphatic heterocycles. The van der Waals surface area contributed by atoms with E-state index in [4.69, 9.17) is 16.1 Å². The minimum absolute atomic E-state index is 0.160. The van der Waals surface area contributed by atoms with Gasteiger partial charge in [-0.3, -0.25) is 0 Å². The fraction of sp³-hybridized carbons (Fsp3) is 0. The molecule has 0 spiro atoms.